The molecule has 14 heavy (non-hydrogen) atoms. The fourth-order valence-electron chi connectivity index (χ4n) is 2.31. The van der Waals surface area contributed by atoms with Crippen molar-refractivity contribution < 1.29 is 0 Å². The van der Waals surface area contributed by atoms with Crippen LogP contribution in [0.15, 0.2) is 12.3 Å². The molecule has 0 amide bonds. The molecule has 1 aliphatic rings. The van der Waals surface area contributed by atoms with Crippen LogP contribution < -0.4 is 0 Å². The molecule has 2 nitrogen and oxygen atoms in total. The summed E-state index contributed by atoms with van der Waals surface area (Å²) in [6, 6.07) is 2.12. The van der Waals surface area contributed by atoms with Gasteiger partial charge in [0.05, 0.1) is 5.69 Å². The van der Waals surface area contributed by atoms with Crippen molar-refractivity contribution in [3.05, 3.63) is 18.0 Å². The first kappa shape index (κ1) is 10.0. The van der Waals surface area contributed by atoms with Crippen LogP contribution in [-0.4, -0.2) is 15.2 Å². The van der Waals surface area contributed by atoms with Crippen LogP contribution in [-0.2, 0) is 7.05 Å². The smallest absolute Gasteiger partial charge is 0.0658 e. The van der Waals surface area contributed by atoms with Crippen LogP contribution in [0.4, 0.5) is 0 Å². The van der Waals surface area contributed by atoms with Gasteiger partial charge in [-0.25, -0.2) is 0 Å². The highest BCUT2D eigenvalue weighted by Crippen LogP contribution is 2.38. The molecule has 1 aromatic rings. The van der Waals surface area contributed by atoms with E-state index < -0.39 is 0 Å². The van der Waals surface area contributed by atoms with E-state index in [0.717, 1.165) is 18.8 Å². The maximum absolute atomic E-state index is 6.20. The van der Waals surface area contributed by atoms with Gasteiger partial charge in [0.25, 0.3) is 0 Å². The molecule has 0 radical (unpaired) electrons. The van der Waals surface area contributed by atoms with Gasteiger partial charge in [0.1, 0.15) is 0 Å². The van der Waals surface area contributed by atoms with Crippen molar-refractivity contribution in [2.75, 3.05) is 0 Å². The van der Waals surface area contributed by atoms with Crippen molar-refractivity contribution in [3.63, 3.8) is 0 Å². The van der Waals surface area contributed by atoms with Gasteiger partial charge in [-0.1, -0.05) is 6.92 Å². The van der Waals surface area contributed by atoms with Crippen molar-refractivity contribution in [1.82, 2.24) is 9.78 Å². The van der Waals surface area contributed by atoms with Crippen LogP contribution >= 0.6 is 11.6 Å². The van der Waals surface area contributed by atoms with Crippen molar-refractivity contribution in [2.24, 2.45) is 13.0 Å². The number of aromatic nitrogens is 2. The van der Waals surface area contributed by atoms with Gasteiger partial charge in [0.15, 0.2) is 0 Å². The maximum atomic E-state index is 6.20. The number of hydrogen-bond donors (Lipinski definition) is 0. The Bertz CT molecular complexity index is 308. The molecule has 0 saturated heterocycles. The summed E-state index contributed by atoms with van der Waals surface area (Å²) in [5.74, 6) is 1.28. The molecule has 0 aliphatic heterocycles. The van der Waals surface area contributed by atoms with E-state index in [1.807, 2.05) is 17.9 Å². The molecular formula is C11H17ClN2. The van der Waals surface area contributed by atoms with Crippen LogP contribution in [0.25, 0.3) is 0 Å². The summed E-state index contributed by atoms with van der Waals surface area (Å²) in [5, 5.41) is 4.82. The van der Waals surface area contributed by atoms with E-state index in [1.165, 1.54) is 12.1 Å². The van der Waals surface area contributed by atoms with E-state index in [0.29, 0.717) is 11.3 Å². The zero-order valence-electron chi connectivity index (χ0n) is 8.78. The van der Waals surface area contributed by atoms with Crippen molar-refractivity contribution in [2.45, 2.75) is 37.5 Å². The van der Waals surface area contributed by atoms with Crippen LogP contribution in [0, 0.1) is 5.92 Å². The lowest BCUT2D eigenvalue weighted by atomic mass is 9.78. The van der Waals surface area contributed by atoms with Crippen molar-refractivity contribution >= 4 is 11.6 Å². The molecule has 1 saturated carbocycles. The molecular weight excluding hydrogens is 196 g/mol. The van der Waals surface area contributed by atoms with Crippen LogP contribution in [0.5, 0.6) is 0 Å². The zero-order valence-corrected chi connectivity index (χ0v) is 9.54. The van der Waals surface area contributed by atoms with E-state index in [1.54, 1.807) is 0 Å². The molecule has 0 N–H and O–H groups in total. The quantitative estimate of drug-likeness (QED) is 0.655. The fraction of sp³-hybridized carbons (Fsp3) is 0.727. The van der Waals surface area contributed by atoms with Crippen LogP contribution in [0.1, 0.15) is 37.8 Å². The third kappa shape index (κ3) is 1.95. The Morgan fingerprint density at radius 1 is 1.50 bits per heavy atom. The molecule has 0 spiro atoms. The lowest BCUT2D eigenvalue weighted by Crippen LogP contribution is -2.22. The first-order valence-corrected chi connectivity index (χ1v) is 5.74. The second-order valence-electron chi connectivity index (χ2n) is 4.41. The van der Waals surface area contributed by atoms with Crippen molar-refractivity contribution in [3.8, 4) is 0 Å². The predicted molar refractivity (Wildman–Crippen MR) is 58.6 cm³/mol. The summed E-state index contributed by atoms with van der Waals surface area (Å²) < 4.78 is 1.87. The Labute approximate surface area is 90.3 Å². The number of halogens is 1. The zero-order chi connectivity index (χ0) is 10.1. The van der Waals surface area contributed by atoms with Gasteiger partial charge in [-0.15, -0.1) is 11.6 Å². The Balaban J connectivity index is 2.15. The van der Waals surface area contributed by atoms with Crippen LogP contribution in [0.2, 0.25) is 0 Å². The highest BCUT2D eigenvalue weighted by atomic mass is 35.5. The number of alkyl halides is 1. The third-order valence-corrected chi connectivity index (χ3v) is 3.64. The Morgan fingerprint density at radius 3 is 2.93 bits per heavy atom. The van der Waals surface area contributed by atoms with E-state index >= 15 is 0 Å². The summed E-state index contributed by atoms with van der Waals surface area (Å²) in [6.07, 6.45) is 5.49. The molecule has 1 aromatic heterocycles. The molecule has 78 valence electrons. The van der Waals surface area contributed by atoms with Gasteiger partial charge in [0.2, 0.25) is 0 Å². The van der Waals surface area contributed by atoms with Gasteiger partial charge in [-0.05, 0) is 31.2 Å². The third-order valence-electron chi connectivity index (χ3n) is 3.25. The van der Waals surface area contributed by atoms with Gasteiger partial charge in [-0.2, -0.15) is 5.10 Å². The highest BCUT2D eigenvalue weighted by Gasteiger charge is 2.29. The second kappa shape index (κ2) is 3.93. The fourth-order valence-corrected chi connectivity index (χ4v) is 2.63. The number of nitrogens with zero attached hydrogens (tertiary/aromatic N) is 2. The molecule has 3 unspecified atom stereocenters. The van der Waals surface area contributed by atoms with Crippen LogP contribution in [0.3, 0.4) is 0 Å². The largest absolute Gasteiger partial charge is 0.276 e. The van der Waals surface area contributed by atoms with Crippen molar-refractivity contribution in [1.29, 1.82) is 0 Å². The SMILES string of the molecule is CC1CCC(Cl)CC1c1ccn(C)n1. The van der Waals surface area contributed by atoms with E-state index in [2.05, 4.69) is 18.1 Å². The predicted octanol–water partition coefficient (Wildman–Crippen LogP) is 2.93. The molecule has 2 rings (SSSR count). The van der Waals surface area contributed by atoms with E-state index in [-0.39, 0.29) is 0 Å². The first-order valence-electron chi connectivity index (χ1n) is 5.30. The first-order chi connectivity index (χ1) is 6.66. The topological polar surface area (TPSA) is 17.8 Å². The summed E-state index contributed by atoms with van der Waals surface area (Å²) in [6.45, 7) is 2.31. The molecule has 3 atom stereocenters. The highest BCUT2D eigenvalue weighted by molar-refractivity contribution is 6.20. The Kier molecular flexibility index (Phi) is 2.82. The monoisotopic (exact) mass is 212 g/mol. The molecule has 3 heteroatoms. The molecule has 1 aliphatic carbocycles. The molecule has 0 bridgehead atoms. The van der Waals surface area contributed by atoms with Gasteiger partial charge in [0, 0.05) is 24.5 Å². The summed E-state index contributed by atoms with van der Waals surface area (Å²) in [5.41, 5.74) is 1.21. The number of hydrogen-bond acceptors (Lipinski definition) is 1. The Morgan fingerprint density at radius 2 is 2.29 bits per heavy atom. The minimum Gasteiger partial charge on any atom is -0.276 e. The average molecular weight is 213 g/mol. The lowest BCUT2D eigenvalue weighted by molar-refractivity contribution is 0.328. The molecule has 0 aromatic carbocycles. The number of aryl methyl sites for hydroxylation is 1. The average Bonchev–Trinajstić information content (AvgIpc) is 2.56. The normalized spacial score (nSPS) is 33.2. The maximum Gasteiger partial charge on any atom is 0.0658 e. The summed E-state index contributed by atoms with van der Waals surface area (Å²) >= 11 is 6.20. The summed E-state index contributed by atoms with van der Waals surface area (Å²) in [4.78, 5) is 0. The van der Waals surface area contributed by atoms with Gasteiger partial charge < -0.3 is 0 Å². The second-order valence-corrected chi connectivity index (χ2v) is 5.03. The lowest BCUT2D eigenvalue weighted by Gasteiger charge is -2.30. The van der Waals surface area contributed by atoms with E-state index in [4.69, 9.17) is 11.6 Å². The summed E-state index contributed by atoms with van der Waals surface area (Å²) in [7, 11) is 1.97. The van der Waals surface area contributed by atoms with Gasteiger partial charge >= 0.3 is 0 Å². The minimum absolute atomic E-state index is 0.346. The molecule has 1 fully saturated rings. The standard InChI is InChI=1S/C11H17ClN2/c1-8-3-4-9(12)7-10(8)11-5-6-14(2)13-11/h5-6,8-10H,3-4,7H2,1-2H3. The number of rotatable bonds is 1. The van der Waals surface area contributed by atoms with Gasteiger partial charge in [-0.3, -0.25) is 4.68 Å². The molecule has 1 heterocycles. The minimum atomic E-state index is 0.346. The Hall–Kier alpha value is -0.500. The van der Waals surface area contributed by atoms with E-state index in [9.17, 15) is 0 Å².